The van der Waals surface area contributed by atoms with Crippen LogP contribution >= 0.6 is 11.3 Å². The van der Waals surface area contributed by atoms with Gasteiger partial charge in [-0.05, 0) is 58.0 Å². The van der Waals surface area contributed by atoms with E-state index in [2.05, 4.69) is 163 Å². The van der Waals surface area contributed by atoms with E-state index in [0.29, 0.717) is 0 Å². The van der Waals surface area contributed by atoms with Crippen molar-refractivity contribution in [2.75, 3.05) is 0 Å². The Kier molecular flexibility index (Phi) is 7.29. The molecule has 0 saturated carbocycles. The third kappa shape index (κ3) is 5.25. The Bertz CT molecular complexity index is 1700. The molecule has 6 rings (SSSR count). The van der Waals surface area contributed by atoms with Crippen LogP contribution in [-0.2, 0) is 6.54 Å². The predicted molar refractivity (Wildman–Crippen MR) is 167 cm³/mol. The van der Waals surface area contributed by atoms with Gasteiger partial charge in [0.1, 0.15) is 11.2 Å². The fourth-order valence-corrected chi connectivity index (χ4v) is 6.29. The van der Waals surface area contributed by atoms with Crippen molar-refractivity contribution in [3.8, 4) is 0 Å². The minimum absolute atomic E-state index is 0.954. The minimum Gasteiger partial charge on any atom is -0.182 e. The van der Waals surface area contributed by atoms with Gasteiger partial charge in [0, 0.05) is 12.1 Å². The smallest absolute Gasteiger partial charge is 0.182 e. The maximum Gasteiger partial charge on any atom is 0.262 e. The standard InChI is InChI=1S/C37H30NS/c1-2-38-33-20-12-13-21-34(33)39-35(38)27-24-28-22-25-32(26-23-28)37(31-18-10-5-11-19-31)36(29-14-6-3-7-15-29)30-16-8-4-9-17-30/h3-27H,2H2,1H3/q+1. The van der Waals surface area contributed by atoms with E-state index < -0.39 is 0 Å². The normalized spacial score (nSPS) is 11.2. The molecular weight excluding hydrogens is 490 g/mol. The topological polar surface area (TPSA) is 3.88 Å². The summed E-state index contributed by atoms with van der Waals surface area (Å²) in [7, 11) is 0. The third-order valence-electron chi connectivity index (χ3n) is 7.01. The fraction of sp³-hybridized carbons (Fsp3) is 0.0541. The third-order valence-corrected chi connectivity index (χ3v) is 8.14. The highest BCUT2D eigenvalue weighted by atomic mass is 32.1. The molecule has 188 valence electrons. The van der Waals surface area contributed by atoms with Gasteiger partial charge in [-0.1, -0.05) is 139 Å². The van der Waals surface area contributed by atoms with Crippen molar-refractivity contribution in [3.63, 3.8) is 0 Å². The molecular formula is C37H30NS+. The van der Waals surface area contributed by atoms with Crippen molar-refractivity contribution in [2.45, 2.75) is 13.5 Å². The van der Waals surface area contributed by atoms with Crippen LogP contribution in [0.5, 0.6) is 0 Å². The lowest BCUT2D eigenvalue weighted by Crippen LogP contribution is -2.33. The molecule has 0 bridgehead atoms. The van der Waals surface area contributed by atoms with Crippen LogP contribution in [0, 0.1) is 0 Å². The van der Waals surface area contributed by atoms with Crippen molar-refractivity contribution in [3.05, 3.63) is 172 Å². The number of rotatable bonds is 7. The highest BCUT2D eigenvalue weighted by Gasteiger charge is 2.17. The second-order valence-corrected chi connectivity index (χ2v) is 10.5. The number of benzene rings is 5. The van der Waals surface area contributed by atoms with Crippen LogP contribution in [0.4, 0.5) is 0 Å². The molecule has 39 heavy (non-hydrogen) atoms. The highest BCUT2D eigenvalue weighted by Crippen LogP contribution is 2.37. The lowest BCUT2D eigenvalue weighted by Gasteiger charge is -2.18. The van der Waals surface area contributed by atoms with E-state index in [9.17, 15) is 0 Å². The molecule has 0 atom stereocenters. The summed E-state index contributed by atoms with van der Waals surface area (Å²) in [5.74, 6) is 0. The van der Waals surface area contributed by atoms with E-state index in [1.54, 1.807) is 0 Å². The quantitative estimate of drug-likeness (QED) is 0.146. The second-order valence-electron chi connectivity index (χ2n) is 9.46. The first kappa shape index (κ1) is 24.8. The number of aromatic nitrogens is 1. The average molecular weight is 521 g/mol. The molecule has 0 radical (unpaired) electrons. The van der Waals surface area contributed by atoms with E-state index in [1.807, 2.05) is 11.3 Å². The van der Waals surface area contributed by atoms with E-state index in [4.69, 9.17) is 0 Å². The Morgan fingerprint density at radius 1 is 0.538 bits per heavy atom. The van der Waals surface area contributed by atoms with Crippen molar-refractivity contribution in [2.24, 2.45) is 0 Å². The van der Waals surface area contributed by atoms with Crippen molar-refractivity contribution in [1.29, 1.82) is 0 Å². The summed E-state index contributed by atoms with van der Waals surface area (Å²) in [5.41, 5.74) is 9.78. The van der Waals surface area contributed by atoms with Gasteiger partial charge >= 0.3 is 0 Å². The van der Waals surface area contributed by atoms with Crippen LogP contribution in [-0.4, -0.2) is 0 Å². The van der Waals surface area contributed by atoms with E-state index in [1.165, 1.54) is 54.2 Å². The summed E-state index contributed by atoms with van der Waals surface area (Å²) in [6.07, 6.45) is 4.47. The van der Waals surface area contributed by atoms with Crippen LogP contribution in [0.2, 0.25) is 0 Å². The number of nitrogens with zero attached hydrogens (tertiary/aromatic N) is 1. The second kappa shape index (κ2) is 11.5. The fourth-order valence-electron chi connectivity index (χ4n) is 5.16. The average Bonchev–Trinajstić information content (AvgIpc) is 3.38. The van der Waals surface area contributed by atoms with Crippen LogP contribution in [0.25, 0.3) is 33.5 Å². The summed E-state index contributed by atoms with van der Waals surface area (Å²) in [6, 6.07) is 49.8. The van der Waals surface area contributed by atoms with Gasteiger partial charge < -0.3 is 0 Å². The lowest BCUT2D eigenvalue weighted by molar-refractivity contribution is -0.665. The minimum atomic E-state index is 0.954. The molecule has 1 heterocycles. The molecule has 0 aliphatic rings. The molecule has 0 aliphatic carbocycles. The molecule has 0 unspecified atom stereocenters. The largest absolute Gasteiger partial charge is 0.262 e. The molecule has 1 nitrogen and oxygen atoms in total. The number of hydrogen-bond acceptors (Lipinski definition) is 1. The Labute approximate surface area is 234 Å². The number of thiazole rings is 1. The zero-order valence-electron chi connectivity index (χ0n) is 22.0. The Morgan fingerprint density at radius 2 is 1.00 bits per heavy atom. The molecule has 6 aromatic rings. The zero-order chi connectivity index (χ0) is 26.4. The van der Waals surface area contributed by atoms with E-state index in [0.717, 1.165) is 6.54 Å². The van der Waals surface area contributed by atoms with Gasteiger partial charge in [0.15, 0.2) is 0 Å². The van der Waals surface area contributed by atoms with Gasteiger partial charge in [-0.25, -0.2) is 0 Å². The molecule has 0 aliphatic heterocycles. The predicted octanol–water partition coefficient (Wildman–Crippen LogP) is 9.39. The van der Waals surface area contributed by atoms with Crippen LogP contribution in [0.3, 0.4) is 0 Å². The summed E-state index contributed by atoms with van der Waals surface area (Å²) >= 11 is 1.84. The highest BCUT2D eigenvalue weighted by molar-refractivity contribution is 7.18. The zero-order valence-corrected chi connectivity index (χ0v) is 22.8. The molecule has 0 saturated heterocycles. The van der Waals surface area contributed by atoms with Crippen LogP contribution in [0.1, 0.15) is 39.7 Å². The Balaban J connectivity index is 1.45. The van der Waals surface area contributed by atoms with Crippen molar-refractivity contribution < 1.29 is 4.57 Å². The van der Waals surface area contributed by atoms with E-state index in [-0.39, 0.29) is 0 Å². The van der Waals surface area contributed by atoms with Gasteiger partial charge in [-0.3, -0.25) is 0 Å². The summed E-state index contributed by atoms with van der Waals surface area (Å²) in [6.45, 7) is 3.16. The number of para-hydroxylation sites is 1. The summed E-state index contributed by atoms with van der Waals surface area (Å²) in [5, 5.41) is 1.27. The van der Waals surface area contributed by atoms with Crippen molar-refractivity contribution in [1.82, 2.24) is 0 Å². The van der Waals surface area contributed by atoms with Gasteiger partial charge in [0.05, 0.1) is 0 Å². The SMILES string of the molecule is CC[n+]1c(C=Cc2ccc(C(=C(c3ccccc3)c3ccccc3)c3ccccc3)cc2)sc2ccccc21. The number of hydrogen-bond donors (Lipinski definition) is 0. The van der Waals surface area contributed by atoms with Gasteiger partial charge in [-0.15, -0.1) is 0 Å². The van der Waals surface area contributed by atoms with Crippen LogP contribution < -0.4 is 4.57 Å². The van der Waals surface area contributed by atoms with Crippen LogP contribution in [0.15, 0.2) is 140 Å². The molecule has 0 N–H and O–H groups in total. The maximum atomic E-state index is 2.38. The first-order valence-electron chi connectivity index (χ1n) is 13.4. The Morgan fingerprint density at radius 3 is 1.51 bits per heavy atom. The maximum absolute atomic E-state index is 2.38. The molecule has 2 heteroatoms. The lowest BCUT2D eigenvalue weighted by atomic mass is 9.85. The molecule has 0 amide bonds. The number of aryl methyl sites for hydroxylation is 1. The van der Waals surface area contributed by atoms with E-state index >= 15 is 0 Å². The molecule has 0 spiro atoms. The first-order chi connectivity index (χ1) is 19.3. The molecule has 5 aromatic carbocycles. The Hall–Kier alpha value is -4.53. The van der Waals surface area contributed by atoms with Gasteiger partial charge in [0.25, 0.3) is 5.01 Å². The first-order valence-corrected chi connectivity index (χ1v) is 14.2. The van der Waals surface area contributed by atoms with Crippen molar-refractivity contribution >= 4 is 44.9 Å². The monoisotopic (exact) mass is 520 g/mol. The summed E-state index contributed by atoms with van der Waals surface area (Å²) < 4.78 is 3.70. The molecule has 1 aromatic heterocycles. The van der Waals surface area contributed by atoms with Gasteiger partial charge in [-0.2, -0.15) is 4.57 Å². The number of fused-ring (bicyclic) bond motifs is 1. The summed E-state index contributed by atoms with van der Waals surface area (Å²) in [4.78, 5) is 0. The van der Waals surface area contributed by atoms with Gasteiger partial charge in [0.2, 0.25) is 5.52 Å². The molecule has 0 fully saturated rings.